The molecule has 1 aromatic rings. The molecule has 29 heavy (non-hydrogen) atoms. The Balaban J connectivity index is 4.12. The third-order valence-electron chi connectivity index (χ3n) is 3.90. The van der Waals surface area contributed by atoms with Crippen LogP contribution in [0.25, 0.3) is 5.57 Å². The van der Waals surface area contributed by atoms with E-state index in [1.54, 1.807) is 0 Å². The Kier molecular flexibility index (Phi) is 5.87. The van der Waals surface area contributed by atoms with E-state index in [1.165, 1.54) is 0 Å². The lowest BCUT2D eigenvalue weighted by atomic mass is 9.83. The van der Waals surface area contributed by atoms with Crippen LogP contribution in [0.3, 0.4) is 0 Å². The minimum absolute atomic E-state index is 0.125. The summed E-state index contributed by atoms with van der Waals surface area (Å²) in [6, 6.07) is -1.10. The van der Waals surface area contributed by atoms with Crippen LogP contribution in [-0.4, -0.2) is 34.9 Å². The average molecular weight is 450 g/mol. The zero-order valence-corrected chi connectivity index (χ0v) is 13.9. The quantitative estimate of drug-likeness (QED) is 0.611. The van der Waals surface area contributed by atoms with Crippen LogP contribution in [0, 0.1) is 0 Å². The predicted octanol–water partition coefficient (Wildman–Crippen LogP) is 5.34. The lowest BCUT2D eigenvalue weighted by Gasteiger charge is -2.36. The van der Waals surface area contributed by atoms with Gasteiger partial charge in [0.2, 0.25) is 0 Å². The molecule has 0 atom stereocenters. The first-order valence-electron chi connectivity index (χ1n) is 7.05. The van der Waals surface area contributed by atoms with Crippen LogP contribution in [0.1, 0.15) is 23.6 Å². The monoisotopic (exact) mass is 450 g/mol. The largest absolute Gasteiger partial charge is 0.430 e. The van der Waals surface area contributed by atoms with Crippen molar-refractivity contribution in [2.75, 3.05) is 0 Å². The first-order valence-corrected chi connectivity index (χ1v) is 7.05. The number of alkyl halides is 12. The van der Waals surface area contributed by atoms with E-state index >= 15 is 0 Å². The molecule has 0 aliphatic carbocycles. The number of rotatable bonds is 3. The van der Waals surface area contributed by atoms with E-state index in [-0.39, 0.29) is 12.1 Å². The van der Waals surface area contributed by atoms with Crippen molar-refractivity contribution in [1.29, 1.82) is 0 Å². The number of allylic oxidation sites excluding steroid dienone is 1. The average Bonchev–Trinajstić information content (AvgIpc) is 2.48. The van der Waals surface area contributed by atoms with Crippen LogP contribution in [0.5, 0.6) is 0 Å². The molecule has 0 saturated carbocycles. The second-order valence-electron chi connectivity index (χ2n) is 5.99. The summed E-state index contributed by atoms with van der Waals surface area (Å²) in [5.41, 5.74) is -18.1. The minimum Gasteiger partial charge on any atom is -0.369 e. The van der Waals surface area contributed by atoms with Gasteiger partial charge in [-0.2, -0.15) is 52.7 Å². The molecule has 0 saturated heterocycles. The molecular formula is C15H10F12O2. The van der Waals surface area contributed by atoms with Gasteiger partial charge in [-0.3, -0.25) is 0 Å². The molecule has 0 fully saturated rings. The van der Waals surface area contributed by atoms with Crippen LogP contribution in [0.4, 0.5) is 52.7 Å². The zero-order valence-electron chi connectivity index (χ0n) is 13.9. The summed E-state index contributed by atoms with van der Waals surface area (Å²) < 4.78 is 156. The van der Waals surface area contributed by atoms with Gasteiger partial charge in [-0.05, 0) is 30.7 Å². The summed E-state index contributed by atoms with van der Waals surface area (Å²) in [6.45, 7) is 3.88. The van der Waals surface area contributed by atoms with E-state index in [1.807, 2.05) is 0 Å². The molecule has 0 radical (unpaired) electrons. The van der Waals surface area contributed by atoms with E-state index in [2.05, 4.69) is 6.58 Å². The Hall–Kier alpha value is -1.96. The molecule has 0 unspecified atom stereocenters. The summed E-state index contributed by atoms with van der Waals surface area (Å²) in [4.78, 5) is 0. The molecule has 2 N–H and O–H groups in total. The fraction of sp³-hybridized carbons (Fsp3) is 0.467. The van der Waals surface area contributed by atoms with Gasteiger partial charge in [0.25, 0.3) is 11.2 Å². The highest BCUT2D eigenvalue weighted by atomic mass is 19.4. The molecule has 166 valence electrons. The Morgan fingerprint density at radius 3 is 1.03 bits per heavy atom. The van der Waals surface area contributed by atoms with E-state index in [0.29, 0.717) is 0 Å². The minimum atomic E-state index is -6.59. The molecule has 0 aliphatic rings. The van der Waals surface area contributed by atoms with Gasteiger partial charge >= 0.3 is 24.7 Å². The molecule has 0 aliphatic heterocycles. The Morgan fingerprint density at radius 2 is 0.862 bits per heavy atom. The third kappa shape index (κ3) is 3.91. The number of benzene rings is 1. The summed E-state index contributed by atoms with van der Waals surface area (Å²) in [5, 5.41) is 18.7. The summed E-state index contributed by atoms with van der Waals surface area (Å²) in [6.07, 6.45) is -26.4. The Bertz CT molecular complexity index is 698. The Labute approximate surface area is 154 Å². The molecule has 14 heteroatoms. The number of halogens is 12. The first kappa shape index (κ1) is 25.1. The maximum absolute atomic E-state index is 13.0. The van der Waals surface area contributed by atoms with E-state index in [9.17, 15) is 62.9 Å². The van der Waals surface area contributed by atoms with Crippen molar-refractivity contribution in [1.82, 2.24) is 0 Å². The SMILES string of the molecule is C=C(C)c1cc(C(O)(C(F)(F)F)C(F)(F)F)cc(C(O)(C(F)(F)F)C(F)(F)F)c1. The molecule has 0 heterocycles. The van der Waals surface area contributed by atoms with Crippen LogP contribution >= 0.6 is 0 Å². The number of aliphatic hydroxyl groups is 2. The molecule has 0 bridgehead atoms. The first-order chi connectivity index (χ1) is 12.5. The van der Waals surface area contributed by atoms with Gasteiger partial charge in [0.1, 0.15) is 0 Å². The highest BCUT2D eigenvalue weighted by molar-refractivity contribution is 5.64. The van der Waals surface area contributed by atoms with Crippen LogP contribution in [0.15, 0.2) is 24.8 Å². The van der Waals surface area contributed by atoms with Gasteiger partial charge in [-0.15, -0.1) is 0 Å². The molecule has 0 amide bonds. The fourth-order valence-electron chi connectivity index (χ4n) is 2.27. The van der Waals surface area contributed by atoms with Crippen molar-refractivity contribution in [3.05, 3.63) is 41.5 Å². The standard InChI is InChI=1S/C15H10F12O2/c1-6(2)7-3-8(10(28,12(16,17)18)13(19,20)21)5-9(4-7)11(29,14(22,23)24)15(25,26)27/h3-5,28-29H,1H2,2H3. The van der Waals surface area contributed by atoms with Crippen molar-refractivity contribution < 1.29 is 62.9 Å². The number of hydrogen-bond donors (Lipinski definition) is 2. The maximum atomic E-state index is 13.0. The van der Waals surface area contributed by atoms with Crippen molar-refractivity contribution in [2.45, 2.75) is 42.8 Å². The van der Waals surface area contributed by atoms with Crippen LogP contribution < -0.4 is 0 Å². The molecule has 1 rings (SSSR count). The highest BCUT2D eigenvalue weighted by Gasteiger charge is 2.74. The van der Waals surface area contributed by atoms with Gasteiger partial charge in [0, 0.05) is 11.1 Å². The lowest BCUT2D eigenvalue weighted by molar-refractivity contribution is -0.378. The van der Waals surface area contributed by atoms with Crippen molar-refractivity contribution in [3.63, 3.8) is 0 Å². The van der Waals surface area contributed by atoms with Gasteiger partial charge in [-0.25, -0.2) is 0 Å². The van der Waals surface area contributed by atoms with E-state index < -0.39 is 64.2 Å². The van der Waals surface area contributed by atoms with Gasteiger partial charge < -0.3 is 10.2 Å². The Morgan fingerprint density at radius 1 is 0.621 bits per heavy atom. The topological polar surface area (TPSA) is 40.5 Å². The smallest absolute Gasteiger partial charge is 0.369 e. The van der Waals surface area contributed by atoms with E-state index in [0.717, 1.165) is 6.92 Å². The summed E-state index contributed by atoms with van der Waals surface area (Å²) >= 11 is 0. The molecule has 0 aromatic heterocycles. The van der Waals surface area contributed by atoms with Gasteiger partial charge in [0.05, 0.1) is 0 Å². The van der Waals surface area contributed by atoms with Gasteiger partial charge in [0.15, 0.2) is 0 Å². The molecule has 2 nitrogen and oxygen atoms in total. The second-order valence-corrected chi connectivity index (χ2v) is 5.99. The van der Waals surface area contributed by atoms with Crippen molar-refractivity contribution >= 4 is 5.57 Å². The third-order valence-corrected chi connectivity index (χ3v) is 3.90. The van der Waals surface area contributed by atoms with Gasteiger partial charge in [-0.1, -0.05) is 12.2 Å². The predicted molar refractivity (Wildman–Crippen MR) is 73.2 cm³/mol. The fourth-order valence-corrected chi connectivity index (χ4v) is 2.27. The highest BCUT2D eigenvalue weighted by Crippen LogP contribution is 2.54. The second kappa shape index (κ2) is 6.79. The molecule has 0 spiro atoms. The normalized spacial score (nSPS) is 14.9. The lowest BCUT2D eigenvalue weighted by Crippen LogP contribution is -2.55. The van der Waals surface area contributed by atoms with Crippen molar-refractivity contribution in [2.24, 2.45) is 0 Å². The summed E-state index contributed by atoms with van der Waals surface area (Å²) in [7, 11) is 0. The maximum Gasteiger partial charge on any atom is 0.430 e. The molecule has 1 aromatic carbocycles. The summed E-state index contributed by atoms with van der Waals surface area (Å²) in [5.74, 6) is 0. The zero-order chi connectivity index (χ0) is 23.4. The van der Waals surface area contributed by atoms with Crippen LogP contribution in [-0.2, 0) is 11.2 Å². The number of hydrogen-bond acceptors (Lipinski definition) is 2. The molecular weight excluding hydrogens is 440 g/mol. The van der Waals surface area contributed by atoms with Crippen molar-refractivity contribution in [3.8, 4) is 0 Å². The van der Waals surface area contributed by atoms with Crippen LogP contribution in [0.2, 0.25) is 0 Å². The van der Waals surface area contributed by atoms with E-state index in [4.69, 9.17) is 0 Å².